The molecule has 1 amide bonds. The van der Waals surface area contributed by atoms with E-state index >= 15 is 0 Å². The van der Waals surface area contributed by atoms with Crippen molar-refractivity contribution in [3.63, 3.8) is 0 Å². The maximum absolute atomic E-state index is 11.5. The summed E-state index contributed by atoms with van der Waals surface area (Å²) in [4.78, 5) is 16.1. The van der Waals surface area contributed by atoms with Crippen LogP contribution in [0.5, 0.6) is 5.75 Å². The van der Waals surface area contributed by atoms with Gasteiger partial charge in [0.15, 0.2) is 0 Å². The maximum Gasteiger partial charge on any atom is 0.415 e. The quantitative estimate of drug-likeness (QED) is 0.853. The van der Waals surface area contributed by atoms with Crippen molar-refractivity contribution < 1.29 is 19.0 Å². The largest absolute Gasteiger partial charge is 0.496 e. The van der Waals surface area contributed by atoms with Gasteiger partial charge in [0.05, 0.1) is 13.7 Å². The number of ether oxygens (including phenoxy) is 3. The SMILES string of the molecule is CCOC(=O)NC1=N[C@@]2(CCc3c(Br)ccc(OC)c3C2)CO1. The van der Waals surface area contributed by atoms with Crippen LogP contribution >= 0.6 is 15.9 Å². The fourth-order valence-corrected chi connectivity index (χ4v) is 3.66. The molecule has 0 saturated heterocycles. The van der Waals surface area contributed by atoms with Gasteiger partial charge >= 0.3 is 6.09 Å². The zero-order chi connectivity index (χ0) is 16.4. The minimum Gasteiger partial charge on any atom is -0.496 e. The van der Waals surface area contributed by atoms with Crippen LogP contribution in [-0.4, -0.2) is 38.0 Å². The number of rotatable bonds is 2. The fraction of sp³-hybridized carbons (Fsp3) is 0.500. The predicted octanol–water partition coefficient (Wildman–Crippen LogP) is 2.82. The fourth-order valence-electron chi connectivity index (χ4n) is 3.09. The number of alkyl carbamates (subject to hydrolysis) is 1. The molecule has 1 aliphatic carbocycles. The van der Waals surface area contributed by atoms with Crippen LogP contribution in [0, 0.1) is 0 Å². The number of amidine groups is 1. The van der Waals surface area contributed by atoms with Crippen LogP contribution < -0.4 is 10.1 Å². The van der Waals surface area contributed by atoms with E-state index in [4.69, 9.17) is 14.2 Å². The van der Waals surface area contributed by atoms with Gasteiger partial charge in [-0.15, -0.1) is 0 Å². The summed E-state index contributed by atoms with van der Waals surface area (Å²) < 4.78 is 17.0. The predicted molar refractivity (Wildman–Crippen MR) is 89.0 cm³/mol. The van der Waals surface area contributed by atoms with Crippen LogP contribution in [0.4, 0.5) is 4.79 Å². The summed E-state index contributed by atoms with van der Waals surface area (Å²) in [6.07, 6.45) is 1.92. The Morgan fingerprint density at radius 1 is 1.48 bits per heavy atom. The van der Waals surface area contributed by atoms with Gasteiger partial charge in [-0.3, -0.25) is 0 Å². The van der Waals surface area contributed by atoms with E-state index in [1.807, 2.05) is 12.1 Å². The summed E-state index contributed by atoms with van der Waals surface area (Å²) in [5.41, 5.74) is 2.06. The number of methoxy groups -OCH3 is 1. The van der Waals surface area contributed by atoms with Gasteiger partial charge in [-0.2, -0.15) is 0 Å². The van der Waals surface area contributed by atoms with E-state index in [0.717, 1.165) is 35.0 Å². The molecule has 1 atom stereocenters. The van der Waals surface area contributed by atoms with E-state index in [1.165, 1.54) is 5.56 Å². The third-order valence-corrected chi connectivity index (χ3v) is 4.94. The Morgan fingerprint density at radius 2 is 2.30 bits per heavy atom. The van der Waals surface area contributed by atoms with Crippen LogP contribution in [0.25, 0.3) is 0 Å². The number of carbonyl (C=O) groups is 1. The van der Waals surface area contributed by atoms with Crippen LogP contribution in [0.15, 0.2) is 21.6 Å². The molecule has 124 valence electrons. The molecule has 1 N–H and O–H groups in total. The number of amides is 1. The Morgan fingerprint density at radius 3 is 3.04 bits per heavy atom. The highest BCUT2D eigenvalue weighted by molar-refractivity contribution is 9.10. The lowest BCUT2D eigenvalue weighted by Crippen LogP contribution is -2.36. The number of hydrogen-bond donors (Lipinski definition) is 1. The molecule has 1 aromatic rings. The molecule has 0 fully saturated rings. The number of benzene rings is 1. The molecule has 0 bridgehead atoms. The molecule has 1 spiro atoms. The van der Waals surface area contributed by atoms with Gasteiger partial charge in [-0.05, 0) is 37.5 Å². The highest BCUT2D eigenvalue weighted by atomic mass is 79.9. The lowest BCUT2D eigenvalue weighted by Gasteiger charge is -2.31. The van der Waals surface area contributed by atoms with E-state index in [2.05, 4.69) is 26.2 Å². The zero-order valence-electron chi connectivity index (χ0n) is 13.1. The molecular weight excluding hydrogens is 364 g/mol. The zero-order valence-corrected chi connectivity index (χ0v) is 14.7. The van der Waals surface area contributed by atoms with E-state index in [-0.39, 0.29) is 11.6 Å². The van der Waals surface area contributed by atoms with Crippen molar-refractivity contribution in [3.8, 4) is 5.75 Å². The normalized spacial score (nSPS) is 22.1. The summed E-state index contributed by atoms with van der Waals surface area (Å²) in [6.45, 7) is 2.51. The first-order valence-corrected chi connectivity index (χ1v) is 8.37. The number of carbonyl (C=O) groups excluding carboxylic acids is 1. The number of fused-ring (bicyclic) bond motifs is 1. The van der Waals surface area contributed by atoms with Gasteiger partial charge in [-0.25, -0.2) is 15.1 Å². The molecular formula is C16H19BrN2O4. The number of hydrogen-bond acceptors (Lipinski definition) is 5. The van der Waals surface area contributed by atoms with Gasteiger partial charge in [0.2, 0.25) is 0 Å². The summed E-state index contributed by atoms with van der Waals surface area (Å²) in [7, 11) is 1.67. The molecule has 1 heterocycles. The monoisotopic (exact) mass is 382 g/mol. The minimum absolute atomic E-state index is 0.237. The van der Waals surface area contributed by atoms with Crippen molar-refractivity contribution in [1.82, 2.24) is 5.32 Å². The van der Waals surface area contributed by atoms with E-state index < -0.39 is 6.09 Å². The average Bonchev–Trinajstić information content (AvgIpc) is 2.90. The first kappa shape index (κ1) is 16.1. The van der Waals surface area contributed by atoms with Crippen LogP contribution in [0.2, 0.25) is 0 Å². The number of aliphatic imine (C=N–C) groups is 1. The van der Waals surface area contributed by atoms with Gasteiger partial charge in [0, 0.05) is 16.5 Å². The number of nitrogens with zero attached hydrogens (tertiary/aromatic N) is 1. The average molecular weight is 383 g/mol. The second-order valence-electron chi connectivity index (χ2n) is 5.66. The smallest absolute Gasteiger partial charge is 0.415 e. The molecule has 1 aliphatic heterocycles. The molecule has 3 rings (SSSR count). The summed E-state index contributed by atoms with van der Waals surface area (Å²) in [6, 6.07) is 4.21. The van der Waals surface area contributed by atoms with Gasteiger partial charge < -0.3 is 14.2 Å². The molecule has 0 saturated carbocycles. The van der Waals surface area contributed by atoms with Crippen molar-refractivity contribution in [1.29, 1.82) is 0 Å². The molecule has 0 aromatic heterocycles. The number of nitrogens with one attached hydrogen (secondary N) is 1. The van der Waals surface area contributed by atoms with Crippen molar-refractivity contribution in [2.45, 2.75) is 31.7 Å². The Labute approximate surface area is 143 Å². The van der Waals surface area contributed by atoms with Gasteiger partial charge in [0.1, 0.15) is 17.9 Å². The highest BCUT2D eigenvalue weighted by Gasteiger charge is 2.41. The summed E-state index contributed by atoms with van der Waals surface area (Å²) in [5.74, 6) is 0.865. The highest BCUT2D eigenvalue weighted by Crippen LogP contribution is 2.41. The lowest BCUT2D eigenvalue weighted by molar-refractivity contribution is 0.154. The topological polar surface area (TPSA) is 69.2 Å². The third-order valence-electron chi connectivity index (χ3n) is 4.20. The molecule has 7 heteroatoms. The van der Waals surface area contributed by atoms with Crippen LogP contribution in [0.3, 0.4) is 0 Å². The van der Waals surface area contributed by atoms with Gasteiger partial charge in [-0.1, -0.05) is 15.9 Å². The van der Waals surface area contributed by atoms with E-state index in [9.17, 15) is 4.79 Å². The standard InChI is InChI=1S/C16H19BrN2O4/c1-3-22-15(20)18-14-19-16(9-23-14)7-6-10-11(8-16)13(21-2)5-4-12(10)17/h4-5H,3,6-9H2,1-2H3,(H,18,19,20)/t16-/m1/s1. The first-order chi connectivity index (χ1) is 11.1. The van der Waals surface area contributed by atoms with Crippen LogP contribution in [0.1, 0.15) is 24.5 Å². The first-order valence-electron chi connectivity index (χ1n) is 7.57. The van der Waals surface area contributed by atoms with Crippen molar-refractivity contribution >= 4 is 28.0 Å². The molecule has 1 aromatic carbocycles. The molecule has 2 aliphatic rings. The van der Waals surface area contributed by atoms with Crippen molar-refractivity contribution in [2.24, 2.45) is 4.99 Å². The summed E-state index contributed by atoms with van der Waals surface area (Å²) in [5, 5.41) is 2.54. The molecule has 6 nitrogen and oxygen atoms in total. The molecule has 23 heavy (non-hydrogen) atoms. The van der Waals surface area contributed by atoms with E-state index in [1.54, 1.807) is 14.0 Å². The second-order valence-corrected chi connectivity index (χ2v) is 6.51. The Hall–Kier alpha value is -1.76. The maximum atomic E-state index is 11.5. The second kappa shape index (κ2) is 6.39. The summed E-state index contributed by atoms with van der Waals surface area (Å²) >= 11 is 3.61. The van der Waals surface area contributed by atoms with Gasteiger partial charge in [0.25, 0.3) is 6.02 Å². The Balaban J connectivity index is 1.83. The van der Waals surface area contributed by atoms with Crippen LogP contribution in [-0.2, 0) is 22.3 Å². The third kappa shape index (κ3) is 3.15. The lowest BCUT2D eigenvalue weighted by atomic mass is 9.78. The molecule has 0 radical (unpaired) electrons. The van der Waals surface area contributed by atoms with E-state index in [0.29, 0.717) is 13.2 Å². The Kier molecular flexibility index (Phi) is 4.48. The van der Waals surface area contributed by atoms with Crippen molar-refractivity contribution in [3.05, 3.63) is 27.7 Å². The molecule has 0 unspecified atom stereocenters. The minimum atomic E-state index is -0.542. The number of halogens is 1. The van der Waals surface area contributed by atoms with Crippen molar-refractivity contribution in [2.75, 3.05) is 20.3 Å². The Bertz CT molecular complexity index is 662.